The van der Waals surface area contributed by atoms with Crippen LogP contribution in [0.5, 0.6) is 0 Å². The van der Waals surface area contributed by atoms with Gasteiger partial charge in [-0.15, -0.1) is 0 Å². The summed E-state index contributed by atoms with van der Waals surface area (Å²) in [6.07, 6.45) is 5.48. The monoisotopic (exact) mass is 225 g/mol. The molecule has 0 aromatic heterocycles. The Kier molecular flexibility index (Phi) is 3.53. The van der Waals surface area contributed by atoms with Gasteiger partial charge in [0.15, 0.2) is 0 Å². The van der Waals surface area contributed by atoms with Gasteiger partial charge in [0.25, 0.3) is 0 Å². The molecular formula is C13H23NO2. The summed E-state index contributed by atoms with van der Waals surface area (Å²) < 4.78 is 5.35. The standard InChI is InChI=1S/C13H23NO2/c1-13(2)6-5-11(8-13)14-12(15)10-4-3-7-16-9-10/h10-11H,3-9H2,1-2H3,(H,14,15). The van der Waals surface area contributed by atoms with Crippen molar-refractivity contribution < 1.29 is 9.53 Å². The van der Waals surface area contributed by atoms with E-state index in [1.807, 2.05) is 0 Å². The molecule has 3 nitrogen and oxygen atoms in total. The molecule has 16 heavy (non-hydrogen) atoms. The fraction of sp³-hybridized carbons (Fsp3) is 0.923. The van der Waals surface area contributed by atoms with E-state index in [-0.39, 0.29) is 11.8 Å². The zero-order valence-electron chi connectivity index (χ0n) is 10.4. The predicted octanol–water partition coefficient (Wildman–Crippen LogP) is 2.11. The number of carbonyl (C=O) groups excluding carboxylic acids is 1. The molecule has 1 saturated heterocycles. The van der Waals surface area contributed by atoms with E-state index in [0.29, 0.717) is 18.1 Å². The zero-order chi connectivity index (χ0) is 11.6. The molecular weight excluding hydrogens is 202 g/mol. The van der Waals surface area contributed by atoms with Crippen LogP contribution in [-0.4, -0.2) is 25.2 Å². The van der Waals surface area contributed by atoms with Gasteiger partial charge in [0, 0.05) is 12.6 Å². The van der Waals surface area contributed by atoms with E-state index in [2.05, 4.69) is 19.2 Å². The summed E-state index contributed by atoms with van der Waals surface area (Å²) in [5, 5.41) is 3.19. The Morgan fingerprint density at radius 1 is 1.38 bits per heavy atom. The van der Waals surface area contributed by atoms with Gasteiger partial charge in [-0.05, 0) is 37.5 Å². The summed E-state index contributed by atoms with van der Waals surface area (Å²) in [6, 6.07) is 0.393. The van der Waals surface area contributed by atoms with Gasteiger partial charge in [-0.2, -0.15) is 0 Å². The topological polar surface area (TPSA) is 38.3 Å². The van der Waals surface area contributed by atoms with E-state index >= 15 is 0 Å². The molecule has 0 spiro atoms. The molecule has 92 valence electrons. The molecule has 3 heteroatoms. The van der Waals surface area contributed by atoms with Crippen molar-refractivity contribution in [2.24, 2.45) is 11.3 Å². The Hall–Kier alpha value is -0.570. The van der Waals surface area contributed by atoms with Crippen LogP contribution in [0.2, 0.25) is 0 Å². The van der Waals surface area contributed by atoms with Crippen molar-refractivity contribution in [2.75, 3.05) is 13.2 Å². The first-order chi connectivity index (χ1) is 7.57. The summed E-state index contributed by atoms with van der Waals surface area (Å²) in [5.74, 6) is 0.305. The SMILES string of the molecule is CC1(C)CCC(NC(=O)C2CCCOC2)C1. The van der Waals surface area contributed by atoms with Crippen molar-refractivity contribution in [2.45, 2.75) is 52.0 Å². The highest BCUT2D eigenvalue weighted by Gasteiger charge is 2.33. The van der Waals surface area contributed by atoms with Gasteiger partial charge < -0.3 is 10.1 Å². The number of hydrogen-bond donors (Lipinski definition) is 1. The van der Waals surface area contributed by atoms with Gasteiger partial charge in [0.2, 0.25) is 5.91 Å². The fourth-order valence-corrected chi connectivity index (χ4v) is 2.83. The van der Waals surface area contributed by atoms with Crippen LogP contribution >= 0.6 is 0 Å². The highest BCUT2D eigenvalue weighted by Crippen LogP contribution is 2.37. The maximum absolute atomic E-state index is 12.0. The highest BCUT2D eigenvalue weighted by molar-refractivity contribution is 5.79. The molecule has 1 saturated carbocycles. The smallest absolute Gasteiger partial charge is 0.225 e. The number of amides is 1. The summed E-state index contributed by atoms with van der Waals surface area (Å²) in [7, 11) is 0. The first-order valence-corrected chi connectivity index (χ1v) is 6.45. The zero-order valence-corrected chi connectivity index (χ0v) is 10.4. The van der Waals surface area contributed by atoms with E-state index in [1.165, 1.54) is 6.42 Å². The Morgan fingerprint density at radius 2 is 2.19 bits per heavy atom. The lowest BCUT2D eigenvalue weighted by Crippen LogP contribution is -2.40. The summed E-state index contributed by atoms with van der Waals surface area (Å²) in [6.45, 7) is 5.99. The van der Waals surface area contributed by atoms with Crippen LogP contribution < -0.4 is 5.32 Å². The molecule has 2 fully saturated rings. The van der Waals surface area contributed by atoms with Gasteiger partial charge in [-0.3, -0.25) is 4.79 Å². The molecule has 1 heterocycles. The second-order valence-corrected chi connectivity index (χ2v) is 6.03. The molecule has 1 N–H and O–H groups in total. The second-order valence-electron chi connectivity index (χ2n) is 6.03. The molecule has 2 aliphatic rings. The second kappa shape index (κ2) is 4.74. The third-order valence-corrected chi connectivity index (χ3v) is 3.85. The minimum atomic E-state index is 0.0949. The average molecular weight is 225 g/mol. The van der Waals surface area contributed by atoms with Crippen LogP contribution in [-0.2, 0) is 9.53 Å². The van der Waals surface area contributed by atoms with Gasteiger partial charge in [-0.1, -0.05) is 13.8 Å². The summed E-state index contributed by atoms with van der Waals surface area (Å²) >= 11 is 0. The van der Waals surface area contributed by atoms with Crippen molar-refractivity contribution in [3.05, 3.63) is 0 Å². The predicted molar refractivity (Wildman–Crippen MR) is 63.1 cm³/mol. The van der Waals surface area contributed by atoms with Crippen molar-refractivity contribution in [1.82, 2.24) is 5.32 Å². The Labute approximate surface area is 97.9 Å². The maximum Gasteiger partial charge on any atom is 0.225 e. The lowest BCUT2D eigenvalue weighted by Gasteiger charge is -2.24. The molecule has 0 radical (unpaired) electrons. The van der Waals surface area contributed by atoms with Gasteiger partial charge in [-0.25, -0.2) is 0 Å². The summed E-state index contributed by atoms with van der Waals surface area (Å²) in [5.41, 5.74) is 0.404. The van der Waals surface area contributed by atoms with Crippen molar-refractivity contribution in [3.63, 3.8) is 0 Å². The summed E-state index contributed by atoms with van der Waals surface area (Å²) in [4.78, 5) is 12.0. The van der Waals surface area contributed by atoms with Gasteiger partial charge in [0.05, 0.1) is 12.5 Å². The quantitative estimate of drug-likeness (QED) is 0.781. The van der Waals surface area contributed by atoms with E-state index in [1.54, 1.807) is 0 Å². The molecule has 1 aliphatic heterocycles. The van der Waals surface area contributed by atoms with Crippen molar-refractivity contribution >= 4 is 5.91 Å². The number of carbonyl (C=O) groups is 1. The lowest BCUT2D eigenvalue weighted by atomic mass is 9.91. The molecule has 0 bridgehead atoms. The molecule has 1 amide bonds. The number of rotatable bonds is 2. The Balaban J connectivity index is 1.79. The van der Waals surface area contributed by atoms with E-state index in [0.717, 1.165) is 32.3 Å². The first kappa shape index (κ1) is 11.9. The number of hydrogen-bond acceptors (Lipinski definition) is 2. The fourth-order valence-electron chi connectivity index (χ4n) is 2.83. The average Bonchev–Trinajstić information content (AvgIpc) is 2.59. The molecule has 0 aromatic carbocycles. The minimum absolute atomic E-state index is 0.0949. The van der Waals surface area contributed by atoms with Gasteiger partial charge >= 0.3 is 0 Å². The molecule has 2 unspecified atom stereocenters. The lowest BCUT2D eigenvalue weighted by molar-refractivity contribution is -0.129. The third-order valence-electron chi connectivity index (χ3n) is 3.85. The van der Waals surface area contributed by atoms with E-state index < -0.39 is 0 Å². The van der Waals surface area contributed by atoms with E-state index in [9.17, 15) is 4.79 Å². The Bertz CT molecular complexity index is 257. The molecule has 0 aromatic rings. The minimum Gasteiger partial charge on any atom is -0.381 e. The first-order valence-electron chi connectivity index (χ1n) is 6.45. The van der Waals surface area contributed by atoms with Crippen LogP contribution in [0, 0.1) is 11.3 Å². The Morgan fingerprint density at radius 3 is 2.75 bits per heavy atom. The van der Waals surface area contributed by atoms with E-state index in [4.69, 9.17) is 4.74 Å². The van der Waals surface area contributed by atoms with Crippen LogP contribution in [0.4, 0.5) is 0 Å². The largest absolute Gasteiger partial charge is 0.381 e. The normalized spacial score (nSPS) is 33.6. The molecule has 2 atom stereocenters. The van der Waals surface area contributed by atoms with Crippen molar-refractivity contribution in [1.29, 1.82) is 0 Å². The van der Waals surface area contributed by atoms with Crippen LogP contribution in [0.15, 0.2) is 0 Å². The van der Waals surface area contributed by atoms with Crippen LogP contribution in [0.1, 0.15) is 46.0 Å². The van der Waals surface area contributed by atoms with Crippen molar-refractivity contribution in [3.8, 4) is 0 Å². The van der Waals surface area contributed by atoms with Gasteiger partial charge in [0.1, 0.15) is 0 Å². The number of nitrogens with one attached hydrogen (secondary N) is 1. The molecule has 1 aliphatic carbocycles. The third kappa shape index (κ3) is 2.97. The number of ether oxygens (including phenoxy) is 1. The molecule has 2 rings (SSSR count). The highest BCUT2D eigenvalue weighted by atomic mass is 16.5. The van der Waals surface area contributed by atoms with Crippen LogP contribution in [0.25, 0.3) is 0 Å². The maximum atomic E-state index is 12.0. The van der Waals surface area contributed by atoms with Crippen LogP contribution in [0.3, 0.4) is 0 Å².